The maximum Gasteiger partial charge on any atom is 0.215 e. The van der Waals surface area contributed by atoms with Crippen molar-refractivity contribution in [1.29, 1.82) is 0 Å². The molecule has 2 unspecified atom stereocenters. The summed E-state index contributed by atoms with van der Waals surface area (Å²) in [5, 5.41) is 0. The Labute approximate surface area is 95.3 Å². The summed E-state index contributed by atoms with van der Waals surface area (Å²) in [6.45, 7) is 4.12. The monoisotopic (exact) mass is 230 g/mol. The molecule has 5 nitrogen and oxygen atoms in total. The fraction of sp³-hybridized carbons (Fsp3) is 0.727. The van der Waals surface area contributed by atoms with E-state index in [1.807, 2.05) is 0 Å². The number of hydrogen-bond donors (Lipinski definition) is 0. The van der Waals surface area contributed by atoms with E-state index in [1.54, 1.807) is 20.3 Å². The molecule has 3 atom stereocenters. The number of ether oxygens (including phenoxy) is 4. The molecule has 0 amide bonds. The van der Waals surface area contributed by atoms with E-state index in [0.29, 0.717) is 19.3 Å². The van der Waals surface area contributed by atoms with Gasteiger partial charge in [0, 0.05) is 26.6 Å². The third-order valence-corrected chi connectivity index (χ3v) is 2.59. The molecule has 1 rings (SSSR count). The largest absolute Gasteiger partial charge is 0.356 e. The third-order valence-electron chi connectivity index (χ3n) is 2.59. The summed E-state index contributed by atoms with van der Waals surface area (Å²) >= 11 is 0. The van der Waals surface area contributed by atoms with Gasteiger partial charge in [-0.15, -0.1) is 6.58 Å². The lowest BCUT2D eigenvalue weighted by Gasteiger charge is -2.34. The van der Waals surface area contributed by atoms with E-state index in [1.165, 1.54) is 0 Å². The van der Waals surface area contributed by atoms with E-state index in [-0.39, 0.29) is 18.3 Å². The van der Waals surface area contributed by atoms with E-state index in [2.05, 4.69) is 6.58 Å². The highest BCUT2D eigenvalue weighted by molar-refractivity contribution is 5.54. The van der Waals surface area contributed by atoms with Crippen LogP contribution in [0.3, 0.4) is 0 Å². The SMILES string of the molecule is C=CC1OC(C=O)OC[C@@H]1CC(OC)OC. The Morgan fingerprint density at radius 3 is 2.69 bits per heavy atom. The number of carbonyl (C=O) groups excluding carboxylic acids is 1. The fourth-order valence-corrected chi connectivity index (χ4v) is 1.68. The molecule has 1 aliphatic rings. The Morgan fingerprint density at radius 1 is 1.50 bits per heavy atom. The Morgan fingerprint density at radius 2 is 2.19 bits per heavy atom. The minimum absolute atomic E-state index is 0.0820. The van der Waals surface area contributed by atoms with E-state index in [4.69, 9.17) is 18.9 Å². The van der Waals surface area contributed by atoms with Gasteiger partial charge in [-0.25, -0.2) is 0 Å². The lowest BCUT2D eigenvalue weighted by atomic mass is 9.98. The lowest BCUT2D eigenvalue weighted by molar-refractivity contribution is -0.223. The summed E-state index contributed by atoms with van der Waals surface area (Å²) < 4.78 is 20.8. The molecule has 0 N–H and O–H groups in total. The molecule has 0 spiro atoms. The summed E-state index contributed by atoms with van der Waals surface area (Å²) in [7, 11) is 3.16. The fourth-order valence-electron chi connectivity index (χ4n) is 1.68. The molecular formula is C11H18O5. The van der Waals surface area contributed by atoms with E-state index in [0.717, 1.165) is 0 Å². The number of hydrogen-bond acceptors (Lipinski definition) is 5. The first-order valence-electron chi connectivity index (χ1n) is 5.15. The van der Waals surface area contributed by atoms with E-state index in [9.17, 15) is 4.79 Å². The van der Waals surface area contributed by atoms with Crippen molar-refractivity contribution >= 4 is 6.29 Å². The van der Waals surface area contributed by atoms with Crippen LogP contribution < -0.4 is 0 Å². The molecule has 0 aromatic rings. The highest BCUT2D eigenvalue weighted by atomic mass is 16.7. The molecule has 0 saturated carbocycles. The van der Waals surface area contributed by atoms with Gasteiger partial charge in [0.1, 0.15) is 0 Å². The van der Waals surface area contributed by atoms with Crippen LogP contribution in [0.2, 0.25) is 0 Å². The first kappa shape index (κ1) is 13.3. The maximum atomic E-state index is 10.5. The van der Waals surface area contributed by atoms with Gasteiger partial charge in [-0.2, -0.15) is 0 Å². The van der Waals surface area contributed by atoms with Crippen molar-refractivity contribution < 1.29 is 23.7 Å². The first-order valence-corrected chi connectivity index (χ1v) is 5.15. The van der Waals surface area contributed by atoms with Crippen molar-refractivity contribution in [1.82, 2.24) is 0 Å². The highest BCUT2D eigenvalue weighted by Gasteiger charge is 2.31. The second-order valence-corrected chi connectivity index (χ2v) is 3.57. The highest BCUT2D eigenvalue weighted by Crippen LogP contribution is 2.24. The Hall–Kier alpha value is -0.750. The van der Waals surface area contributed by atoms with Gasteiger partial charge in [0.2, 0.25) is 6.29 Å². The minimum atomic E-state index is -0.789. The van der Waals surface area contributed by atoms with Crippen LogP contribution in [-0.4, -0.2) is 45.8 Å². The van der Waals surface area contributed by atoms with Crippen LogP contribution in [0.4, 0.5) is 0 Å². The molecule has 1 aliphatic heterocycles. The zero-order chi connectivity index (χ0) is 12.0. The van der Waals surface area contributed by atoms with Crippen molar-refractivity contribution in [3.63, 3.8) is 0 Å². The number of methoxy groups -OCH3 is 2. The van der Waals surface area contributed by atoms with Crippen LogP contribution in [-0.2, 0) is 23.7 Å². The molecule has 0 aromatic heterocycles. The maximum absolute atomic E-state index is 10.5. The molecule has 0 aromatic carbocycles. The van der Waals surface area contributed by atoms with Gasteiger partial charge in [0.25, 0.3) is 0 Å². The summed E-state index contributed by atoms with van der Waals surface area (Å²) in [5.74, 6) is 0.0820. The summed E-state index contributed by atoms with van der Waals surface area (Å²) in [4.78, 5) is 10.5. The molecule has 1 saturated heterocycles. The topological polar surface area (TPSA) is 54.0 Å². The molecule has 1 fully saturated rings. The Balaban J connectivity index is 2.52. The molecule has 0 bridgehead atoms. The Bertz CT molecular complexity index is 226. The van der Waals surface area contributed by atoms with Crippen LogP contribution in [0.1, 0.15) is 6.42 Å². The van der Waals surface area contributed by atoms with Gasteiger partial charge in [-0.05, 0) is 0 Å². The van der Waals surface area contributed by atoms with Gasteiger partial charge in [0.15, 0.2) is 12.6 Å². The number of rotatable bonds is 6. The van der Waals surface area contributed by atoms with Gasteiger partial charge in [-0.1, -0.05) is 6.08 Å². The molecule has 5 heteroatoms. The average molecular weight is 230 g/mol. The van der Waals surface area contributed by atoms with Crippen LogP contribution in [0, 0.1) is 5.92 Å². The summed E-state index contributed by atoms with van der Waals surface area (Å²) in [6, 6.07) is 0. The second kappa shape index (κ2) is 6.75. The standard InChI is InChI=1S/C11H18O5/c1-4-9-8(5-10(13-2)14-3)7-15-11(6-12)16-9/h4,6,8-11H,1,5,7H2,2-3H3/t8-,9?,11?/m0/s1. The van der Waals surface area contributed by atoms with Gasteiger partial charge >= 0.3 is 0 Å². The van der Waals surface area contributed by atoms with Crippen LogP contribution in [0.15, 0.2) is 12.7 Å². The van der Waals surface area contributed by atoms with Crippen molar-refractivity contribution in [2.24, 2.45) is 5.92 Å². The molecule has 1 heterocycles. The van der Waals surface area contributed by atoms with Gasteiger partial charge in [0.05, 0.1) is 12.7 Å². The zero-order valence-corrected chi connectivity index (χ0v) is 9.63. The molecule has 92 valence electrons. The predicted molar refractivity (Wildman–Crippen MR) is 56.8 cm³/mol. The van der Waals surface area contributed by atoms with Gasteiger partial charge in [-0.3, -0.25) is 4.79 Å². The summed E-state index contributed by atoms with van der Waals surface area (Å²) in [5.41, 5.74) is 0. The second-order valence-electron chi connectivity index (χ2n) is 3.57. The molecule has 0 aliphatic carbocycles. The van der Waals surface area contributed by atoms with Crippen LogP contribution in [0.5, 0.6) is 0 Å². The number of aldehydes is 1. The van der Waals surface area contributed by atoms with Gasteiger partial charge < -0.3 is 18.9 Å². The average Bonchev–Trinajstić information content (AvgIpc) is 2.35. The minimum Gasteiger partial charge on any atom is -0.356 e. The lowest BCUT2D eigenvalue weighted by Crippen LogP contribution is -2.41. The smallest absolute Gasteiger partial charge is 0.215 e. The van der Waals surface area contributed by atoms with Crippen LogP contribution in [0.25, 0.3) is 0 Å². The van der Waals surface area contributed by atoms with Crippen LogP contribution >= 0.6 is 0 Å². The number of carbonyl (C=O) groups is 1. The molecule has 16 heavy (non-hydrogen) atoms. The van der Waals surface area contributed by atoms with Crippen molar-refractivity contribution in [3.05, 3.63) is 12.7 Å². The van der Waals surface area contributed by atoms with Crippen molar-refractivity contribution in [2.45, 2.75) is 25.1 Å². The third kappa shape index (κ3) is 3.38. The van der Waals surface area contributed by atoms with E-state index < -0.39 is 6.29 Å². The zero-order valence-electron chi connectivity index (χ0n) is 9.63. The molecular weight excluding hydrogens is 212 g/mol. The van der Waals surface area contributed by atoms with Crippen molar-refractivity contribution in [2.75, 3.05) is 20.8 Å². The Kier molecular flexibility index (Phi) is 5.62. The summed E-state index contributed by atoms with van der Waals surface area (Å²) in [6.07, 6.45) is 1.64. The predicted octanol–water partition coefficient (Wildman–Crippen LogP) is 0.738. The van der Waals surface area contributed by atoms with Crippen molar-refractivity contribution in [3.8, 4) is 0 Å². The van der Waals surface area contributed by atoms with E-state index >= 15 is 0 Å². The normalized spacial score (nSPS) is 30.3. The molecule has 0 radical (unpaired) electrons. The quantitative estimate of drug-likeness (QED) is 0.382. The first-order chi connectivity index (χ1) is 7.74.